The van der Waals surface area contributed by atoms with Gasteiger partial charge < -0.3 is 46.7 Å². The Hall–Kier alpha value is -2.95. The third kappa shape index (κ3) is 18.9. The van der Waals surface area contributed by atoms with Crippen LogP contribution in [0.3, 0.4) is 0 Å². The summed E-state index contributed by atoms with van der Waals surface area (Å²) in [6.45, 7) is 2.66. The number of rotatable bonds is 22. The molecule has 16 heteroatoms. The van der Waals surface area contributed by atoms with Crippen molar-refractivity contribution in [2.45, 2.75) is 57.7 Å². The van der Waals surface area contributed by atoms with Gasteiger partial charge in [-0.15, -0.1) is 0 Å². The SMILES string of the molecule is CCC(=O)OCCC(CSCC(N)C(=O)NC(CO)C(=O)NCCOCCC(=O)NCC(N)=O)OC(=O)CC. The normalized spacial score (nSPS) is 12.9. The fourth-order valence-electron chi connectivity index (χ4n) is 2.64. The number of aliphatic hydroxyl groups is 1. The van der Waals surface area contributed by atoms with Crippen LogP contribution in [-0.2, 0) is 43.0 Å². The lowest BCUT2D eigenvalue weighted by Gasteiger charge is -2.20. The van der Waals surface area contributed by atoms with Crippen molar-refractivity contribution in [1.82, 2.24) is 16.0 Å². The summed E-state index contributed by atoms with van der Waals surface area (Å²) in [5, 5.41) is 16.7. The van der Waals surface area contributed by atoms with Gasteiger partial charge >= 0.3 is 11.9 Å². The average Bonchev–Trinajstić information content (AvgIpc) is 2.91. The number of hydrogen-bond donors (Lipinski definition) is 6. The van der Waals surface area contributed by atoms with Gasteiger partial charge in [0.25, 0.3) is 0 Å². The molecular weight excluding hydrogens is 538 g/mol. The number of carbonyl (C=O) groups excluding carboxylic acids is 6. The maximum atomic E-state index is 12.4. The lowest BCUT2D eigenvalue weighted by atomic mass is 10.2. The predicted molar refractivity (Wildman–Crippen MR) is 141 cm³/mol. The summed E-state index contributed by atoms with van der Waals surface area (Å²) >= 11 is 1.25. The third-order valence-electron chi connectivity index (χ3n) is 4.81. The molecule has 0 aliphatic carbocycles. The van der Waals surface area contributed by atoms with Gasteiger partial charge in [0, 0.05) is 43.7 Å². The highest BCUT2D eigenvalue weighted by Crippen LogP contribution is 2.12. The molecule has 8 N–H and O–H groups in total. The van der Waals surface area contributed by atoms with Crippen molar-refractivity contribution in [3.8, 4) is 0 Å². The van der Waals surface area contributed by atoms with Crippen molar-refractivity contribution in [2.24, 2.45) is 11.5 Å². The Morgan fingerprint density at radius 1 is 0.923 bits per heavy atom. The standard InChI is InChI=1S/C23H41N5O10S/c1-3-20(32)37-9-5-15(38-21(33)4-2)13-39-14-16(24)22(34)28-17(12-29)23(35)26-7-10-36-8-6-19(31)27-11-18(25)30/h15-17,29H,3-14,24H2,1-2H3,(H2,25,30)(H,26,35)(H,27,31)(H,28,34). The summed E-state index contributed by atoms with van der Waals surface area (Å²) < 4.78 is 15.6. The van der Waals surface area contributed by atoms with E-state index in [9.17, 15) is 33.9 Å². The summed E-state index contributed by atoms with van der Waals surface area (Å²) in [6.07, 6.45) is 0.181. The van der Waals surface area contributed by atoms with Gasteiger partial charge in [0.2, 0.25) is 23.6 Å². The second kappa shape index (κ2) is 21.9. The van der Waals surface area contributed by atoms with Crippen molar-refractivity contribution in [1.29, 1.82) is 0 Å². The molecule has 0 fully saturated rings. The van der Waals surface area contributed by atoms with Crippen LogP contribution in [0.5, 0.6) is 0 Å². The highest BCUT2D eigenvalue weighted by Gasteiger charge is 2.24. The van der Waals surface area contributed by atoms with Gasteiger partial charge in [0.1, 0.15) is 12.1 Å². The van der Waals surface area contributed by atoms with Crippen molar-refractivity contribution in [3.63, 3.8) is 0 Å². The number of hydrogen-bond acceptors (Lipinski definition) is 12. The first-order valence-electron chi connectivity index (χ1n) is 12.5. The van der Waals surface area contributed by atoms with Crippen molar-refractivity contribution >= 4 is 47.3 Å². The number of ether oxygens (including phenoxy) is 3. The van der Waals surface area contributed by atoms with Crippen LogP contribution in [0.2, 0.25) is 0 Å². The Bertz CT molecular complexity index is 801. The van der Waals surface area contributed by atoms with Gasteiger partial charge in [-0.05, 0) is 0 Å². The van der Waals surface area contributed by atoms with Crippen LogP contribution < -0.4 is 27.4 Å². The molecular formula is C23H41N5O10S. The summed E-state index contributed by atoms with van der Waals surface area (Å²) in [4.78, 5) is 69.6. The molecule has 0 bridgehead atoms. The van der Waals surface area contributed by atoms with Crippen LogP contribution in [0.25, 0.3) is 0 Å². The second-order valence-corrected chi connectivity index (χ2v) is 9.19. The Labute approximate surface area is 231 Å². The molecule has 15 nitrogen and oxygen atoms in total. The topological polar surface area (TPSA) is 238 Å². The first kappa shape index (κ1) is 36.0. The van der Waals surface area contributed by atoms with E-state index in [4.69, 9.17) is 25.7 Å². The fourth-order valence-corrected chi connectivity index (χ4v) is 3.68. The molecule has 0 spiro atoms. The van der Waals surface area contributed by atoms with E-state index in [1.54, 1.807) is 13.8 Å². The number of esters is 2. The minimum absolute atomic E-state index is 0.000537. The molecule has 39 heavy (non-hydrogen) atoms. The molecule has 0 aromatic carbocycles. The monoisotopic (exact) mass is 579 g/mol. The molecule has 0 saturated carbocycles. The van der Waals surface area contributed by atoms with Gasteiger partial charge in [-0.3, -0.25) is 28.8 Å². The molecule has 0 saturated heterocycles. The van der Waals surface area contributed by atoms with Crippen LogP contribution in [-0.4, -0.2) is 110 Å². The Morgan fingerprint density at radius 2 is 1.62 bits per heavy atom. The van der Waals surface area contributed by atoms with Crippen molar-refractivity contribution in [2.75, 3.05) is 51.0 Å². The lowest BCUT2D eigenvalue weighted by Crippen LogP contribution is -2.54. The van der Waals surface area contributed by atoms with Crippen molar-refractivity contribution < 1.29 is 48.1 Å². The summed E-state index contributed by atoms with van der Waals surface area (Å²) in [5.41, 5.74) is 10.8. The number of aliphatic hydroxyl groups excluding tert-OH is 1. The van der Waals surface area contributed by atoms with Crippen LogP contribution in [0.1, 0.15) is 39.5 Å². The third-order valence-corrected chi connectivity index (χ3v) is 6.01. The first-order valence-corrected chi connectivity index (χ1v) is 13.7. The van der Waals surface area contributed by atoms with E-state index in [-0.39, 0.29) is 63.9 Å². The average molecular weight is 580 g/mol. The summed E-state index contributed by atoms with van der Waals surface area (Å²) in [5.74, 6) is -2.70. The van der Waals surface area contributed by atoms with Crippen LogP contribution in [0, 0.1) is 0 Å². The van der Waals surface area contributed by atoms with E-state index < -0.39 is 54.4 Å². The highest BCUT2D eigenvalue weighted by molar-refractivity contribution is 7.99. The van der Waals surface area contributed by atoms with Gasteiger partial charge in [-0.1, -0.05) is 13.8 Å². The molecule has 224 valence electrons. The molecule has 4 amide bonds. The van der Waals surface area contributed by atoms with Crippen LogP contribution >= 0.6 is 11.8 Å². The maximum Gasteiger partial charge on any atom is 0.305 e. The quantitative estimate of drug-likeness (QED) is 0.0568. The van der Waals surface area contributed by atoms with Crippen molar-refractivity contribution in [3.05, 3.63) is 0 Å². The van der Waals surface area contributed by atoms with E-state index in [0.29, 0.717) is 12.2 Å². The maximum absolute atomic E-state index is 12.4. The Kier molecular flexibility index (Phi) is 20.3. The highest BCUT2D eigenvalue weighted by atomic mass is 32.2. The van der Waals surface area contributed by atoms with Crippen LogP contribution in [0.15, 0.2) is 0 Å². The Morgan fingerprint density at radius 3 is 2.23 bits per heavy atom. The van der Waals surface area contributed by atoms with E-state index in [2.05, 4.69) is 16.0 Å². The lowest BCUT2D eigenvalue weighted by molar-refractivity contribution is -0.150. The molecule has 0 aromatic rings. The predicted octanol–water partition coefficient (Wildman–Crippen LogP) is -2.69. The number of carbonyl (C=O) groups is 6. The van der Waals surface area contributed by atoms with E-state index in [1.165, 1.54) is 11.8 Å². The number of nitrogens with two attached hydrogens (primary N) is 2. The van der Waals surface area contributed by atoms with Gasteiger partial charge in [0.15, 0.2) is 0 Å². The number of nitrogens with one attached hydrogen (secondary N) is 3. The summed E-state index contributed by atoms with van der Waals surface area (Å²) in [6, 6.07) is -2.25. The van der Waals surface area contributed by atoms with Gasteiger partial charge in [-0.25, -0.2) is 0 Å². The zero-order valence-electron chi connectivity index (χ0n) is 22.4. The molecule has 0 aliphatic rings. The zero-order chi connectivity index (χ0) is 29.6. The number of thioether (sulfide) groups is 1. The summed E-state index contributed by atoms with van der Waals surface area (Å²) in [7, 11) is 0. The molecule has 0 aliphatic heterocycles. The van der Waals surface area contributed by atoms with Gasteiger partial charge in [-0.2, -0.15) is 11.8 Å². The second-order valence-electron chi connectivity index (χ2n) is 8.11. The van der Waals surface area contributed by atoms with E-state index >= 15 is 0 Å². The zero-order valence-corrected chi connectivity index (χ0v) is 23.2. The minimum Gasteiger partial charge on any atom is -0.466 e. The fraction of sp³-hybridized carbons (Fsp3) is 0.739. The van der Waals surface area contributed by atoms with E-state index in [1.807, 2.05) is 0 Å². The molecule has 0 rings (SSSR count). The molecule has 3 unspecified atom stereocenters. The van der Waals surface area contributed by atoms with E-state index in [0.717, 1.165) is 0 Å². The molecule has 0 radical (unpaired) electrons. The number of primary amides is 1. The largest absolute Gasteiger partial charge is 0.466 e. The Balaban J connectivity index is 4.37. The van der Waals surface area contributed by atoms with Crippen LogP contribution in [0.4, 0.5) is 0 Å². The molecule has 3 atom stereocenters. The molecule has 0 aromatic heterocycles. The smallest absolute Gasteiger partial charge is 0.305 e. The first-order chi connectivity index (χ1) is 18.5. The molecule has 0 heterocycles. The van der Waals surface area contributed by atoms with Gasteiger partial charge in [0.05, 0.1) is 39.0 Å². The minimum atomic E-state index is -1.24. The number of amides is 4.